The Morgan fingerprint density at radius 1 is 1.09 bits per heavy atom. The predicted molar refractivity (Wildman–Crippen MR) is 123 cm³/mol. The van der Waals surface area contributed by atoms with Gasteiger partial charge in [0.15, 0.2) is 0 Å². The van der Waals surface area contributed by atoms with Crippen molar-refractivity contribution < 1.29 is 19.0 Å². The molecular weight excluding hydrogens is 409 g/mol. The van der Waals surface area contributed by atoms with Crippen LogP contribution >= 0.6 is 0 Å². The third kappa shape index (κ3) is 6.03. The molecule has 1 atom stereocenters. The molecule has 0 saturated carbocycles. The molecule has 1 saturated heterocycles. The molecular formula is C25H28FN3O3. The van der Waals surface area contributed by atoms with Gasteiger partial charge in [-0.3, -0.25) is 4.90 Å². The lowest BCUT2D eigenvalue weighted by atomic mass is 10.1. The third-order valence-electron chi connectivity index (χ3n) is 5.57. The van der Waals surface area contributed by atoms with Gasteiger partial charge < -0.3 is 20.5 Å². The van der Waals surface area contributed by atoms with Crippen LogP contribution in [0.4, 0.5) is 14.9 Å². The molecule has 0 aliphatic carbocycles. The number of hydrogen-bond donors (Lipinski definition) is 3. The van der Waals surface area contributed by atoms with Crippen LogP contribution in [0.3, 0.4) is 0 Å². The number of fused-ring (bicyclic) bond motifs is 1. The predicted octanol–water partition coefficient (Wildman–Crippen LogP) is 3.88. The number of anilines is 1. The van der Waals surface area contributed by atoms with Gasteiger partial charge in [0.25, 0.3) is 0 Å². The first-order chi connectivity index (χ1) is 15.6. The fourth-order valence-corrected chi connectivity index (χ4v) is 4.06. The minimum Gasteiger partial charge on any atom is -0.394 e. The molecule has 3 N–H and O–H groups in total. The van der Waals surface area contributed by atoms with E-state index in [-0.39, 0.29) is 31.1 Å². The van der Waals surface area contributed by atoms with Crippen molar-refractivity contribution in [3.8, 4) is 0 Å². The fraction of sp³-hybridized carbons (Fsp3) is 0.320. The van der Waals surface area contributed by atoms with Crippen LogP contribution in [-0.2, 0) is 17.9 Å². The lowest BCUT2D eigenvalue weighted by molar-refractivity contribution is 0.0816. The number of urea groups is 1. The summed E-state index contributed by atoms with van der Waals surface area (Å²) < 4.78 is 18.7. The Balaban J connectivity index is 1.26. The van der Waals surface area contributed by atoms with Crippen LogP contribution < -0.4 is 10.6 Å². The first-order valence-electron chi connectivity index (χ1n) is 10.8. The third-order valence-corrected chi connectivity index (χ3v) is 5.57. The summed E-state index contributed by atoms with van der Waals surface area (Å²) >= 11 is 0. The Morgan fingerprint density at radius 2 is 1.94 bits per heavy atom. The van der Waals surface area contributed by atoms with Gasteiger partial charge in [0.05, 0.1) is 19.8 Å². The van der Waals surface area contributed by atoms with E-state index in [0.29, 0.717) is 12.3 Å². The van der Waals surface area contributed by atoms with E-state index in [1.807, 2.05) is 36.4 Å². The van der Waals surface area contributed by atoms with Crippen molar-refractivity contribution in [2.45, 2.75) is 25.6 Å². The van der Waals surface area contributed by atoms with E-state index in [0.717, 1.165) is 42.4 Å². The van der Waals surface area contributed by atoms with Gasteiger partial charge in [-0.05, 0) is 58.7 Å². The van der Waals surface area contributed by atoms with E-state index in [9.17, 15) is 9.18 Å². The van der Waals surface area contributed by atoms with Gasteiger partial charge in [0.2, 0.25) is 0 Å². The molecule has 1 unspecified atom stereocenters. The van der Waals surface area contributed by atoms with Crippen molar-refractivity contribution in [1.82, 2.24) is 10.2 Å². The number of carbonyl (C=O) groups is 1. The average molecular weight is 438 g/mol. The fourth-order valence-electron chi connectivity index (χ4n) is 4.06. The molecule has 1 heterocycles. The van der Waals surface area contributed by atoms with E-state index in [4.69, 9.17) is 9.84 Å². The maximum atomic E-state index is 13.4. The van der Waals surface area contributed by atoms with Crippen molar-refractivity contribution in [3.05, 3.63) is 77.6 Å². The molecule has 0 aromatic heterocycles. The summed E-state index contributed by atoms with van der Waals surface area (Å²) in [5.41, 5.74) is 2.81. The number of ether oxygens (including phenoxy) is 1. The second-order valence-corrected chi connectivity index (χ2v) is 8.12. The van der Waals surface area contributed by atoms with E-state index in [1.165, 1.54) is 11.6 Å². The van der Waals surface area contributed by atoms with E-state index < -0.39 is 0 Å². The molecule has 4 rings (SSSR count). The zero-order valence-corrected chi connectivity index (χ0v) is 17.9. The van der Waals surface area contributed by atoms with Crippen LogP contribution in [0.1, 0.15) is 17.5 Å². The maximum absolute atomic E-state index is 13.4. The number of aliphatic hydroxyl groups excluding tert-OH is 1. The summed E-state index contributed by atoms with van der Waals surface area (Å²) in [5, 5.41) is 16.7. The number of hydrogen-bond acceptors (Lipinski definition) is 4. The Bertz CT molecular complexity index is 1080. The van der Waals surface area contributed by atoms with Gasteiger partial charge in [0, 0.05) is 31.4 Å². The number of nitrogens with zero attached hydrogens (tertiary/aromatic N) is 1. The molecule has 1 aliphatic rings. The largest absolute Gasteiger partial charge is 0.394 e. The molecule has 1 aliphatic heterocycles. The lowest BCUT2D eigenvalue weighted by Gasteiger charge is -2.17. The number of halogens is 1. The second kappa shape index (κ2) is 10.5. The summed E-state index contributed by atoms with van der Waals surface area (Å²) in [6.45, 7) is 3.14. The summed E-state index contributed by atoms with van der Waals surface area (Å²) in [6, 6.07) is 18.3. The highest BCUT2D eigenvalue weighted by molar-refractivity contribution is 5.89. The van der Waals surface area contributed by atoms with Gasteiger partial charge in [-0.1, -0.05) is 30.3 Å². The molecule has 3 aromatic rings. The normalized spacial score (nSPS) is 16.4. The number of amides is 2. The summed E-state index contributed by atoms with van der Waals surface area (Å²) in [6.07, 6.45) is 0.890. The minimum atomic E-state index is -0.224. The number of benzene rings is 3. The molecule has 0 spiro atoms. The van der Waals surface area contributed by atoms with Gasteiger partial charge in [0.1, 0.15) is 5.82 Å². The number of aliphatic hydroxyl groups is 1. The monoisotopic (exact) mass is 437 g/mol. The Kier molecular flexibility index (Phi) is 7.32. The van der Waals surface area contributed by atoms with Crippen LogP contribution in [0.15, 0.2) is 60.7 Å². The first-order valence-corrected chi connectivity index (χ1v) is 10.8. The van der Waals surface area contributed by atoms with E-state index >= 15 is 0 Å². The van der Waals surface area contributed by atoms with Gasteiger partial charge in [-0.2, -0.15) is 0 Å². The average Bonchev–Trinajstić information content (AvgIpc) is 3.20. The quantitative estimate of drug-likeness (QED) is 0.468. The van der Waals surface area contributed by atoms with Crippen LogP contribution in [0, 0.1) is 5.82 Å². The molecule has 6 nitrogen and oxygen atoms in total. The zero-order chi connectivity index (χ0) is 22.3. The minimum absolute atomic E-state index is 0.0143. The molecule has 7 heteroatoms. The molecule has 0 radical (unpaired) electrons. The lowest BCUT2D eigenvalue weighted by Crippen LogP contribution is -2.39. The highest BCUT2D eigenvalue weighted by Gasteiger charge is 2.24. The highest BCUT2D eigenvalue weighted by Crippen LogP contribution is 2.20. The SMILES string of the molecule is O=C(Nc1cccc(COCCO)c1)NC1CCN(Cc2ccc3cc(F)ccc3c2)C1. The van der Waals surface area contributed by atoms with Crippen molar-refractivity contribution >= 4 is 22.5 Å². The summed E-state index contributed by atoms with van der Waals surface area (Å²) in [7, 11) is 0. The topological polar surface area (TPSA) is 73.8 Å². The number of carbonyl (C=O) groups excluding carboxylic acids is 1. The summed E-state index contributed by atoms with van der Waals surface area (Å²) in [4.78, 5) is 14.8. The van der Waals surface area contributed by atoms with Gasteiger partial charge in [-0.15, -0.1) is 0 Å². The smallest absolute Gasteiger partial charge is 0.319 e. The Labute approximate surface area is 187 Å². The van der Waals surface area contributed by atoms with E-state index in [1.54, 1.807) is 12.1 Å². The van der Waals surface area contributed by atoms with Crippen molar-refractivity contribution in [2.75, 3.05) is 31.6 Å². The van der Waals surface area contributed by atoms with Crippen LogP contribution in [0.5, 0.6) is 0 Å². The number of rotatable bonds is 8. The van der Waals surface area contributed by atoms with Gasteiger partial charge in [-0.25, -0.2) is 9.18 Å². The van der Waals surface area contributed by atoms with Crippen molar-refractivity contribution in [2.24, 2.45) is 0 Å². The van der Waals surface area contributed by atoms with Crippen LogP contribution in [0.2, 0.25) is 0 Å². The summed E-state index contributed by atoms with van der Waals surface area (Å²) in [5.74, 6) is -0.223. The van der Waals surface area contributed by atoms with Crippen LogP contribution in [-0.4, -0.2) is 48.4 Å². The molecule has 3 aromatic carbocycles. The zero-order valence-electron chi connectivity index (χ0n) is 17.9. The van der Waals surface area contributed by atoms with Crippen molar-refractivity contribution in [1.29, 1.82) is 0 Å². The highest BCUT2D eigenvalue weighted by atomic mass is 19.1. The maximum Gasteiger partial charge on any atom is 0.319 e. The second-order valence-electron chi connectivity index (χ2n) is 8.12. The van der Waals surface area contributed by atoms with E-state index in [2.05, 4.69) is 21.6 Å². The molecule has 168 valence electrons. The first kappa shape index (κ1) is 22.2. The van der Waals surface area contributed by atoms with Crippen molar-refractivity contribution in [3.63, 3.8) is 0 Å². The molecule has 32 heavy (non-hydrogen) atoms. The van der Waals surface area contributed by atoms with Crippen LogP contribution in [0.25, 0.3) is 10.8 Å². The number of nitrogens with one attached hydrogen (secondary N) is 2. The Morgan fingerprint density at radius 3 is 2.81 bits per heavy atom. The molecule has 1 fully saturated rings. The molecule has 2 amide bonds. The van der Waals surface area contributed by atoms with Gasteiger partial charge >= 0.3 is 6.03 Å². The Hall–Kier alpha value is -3.00. The molecule has 0 bridgehead atoms. The number of likely N-dealkylation sites (tertiary alicyclic amines) is 1. The standard InChI is InChI=1S/C25H28FN3O3/c26-22-7-6-20-12-18(4-5-21(20)14-22)15-29-9-8-24(16-29)28-25(31)27-23-3-1-2-19(13-23)17-32-11-10-30/h1-7,12-14,24,30H,8-11,15-17H2,(H2,27,28,31).